The molecule has 4 N–H and O–H groups in total. The molecule has 2 aromatic carbocycles. The molecular formula is C26H18FeN2O8. The van der Waals surface area contributed by atoms with Crippen LogP contribution in [0.5, 0.6) is 0 Å². The van der Waals surface area contributed by atoms with Crippen LogP contribution in [-0.2, 0) is 17.1 Å². The molecule has 188 valence electrons. The monoisotopic (exact) mass is 542 g/mol. The number of aromatic carboxylic acids is 4. The average Bonchev–Trinajstić information content (AvgIpc) is 2.89. The first-order valence-electron chi connectivity index (χ1n) is 10.2. The Hall–Kier alpha value is -4.86. The van der Waals surface area contributed by atoms with Crippen LogP contribution in [0.3, 0.4) is 0 Å². The maximum absolute atomic E-state index is 10.8. The minimum Gasteiger partial charge on any atom is -0.478 e. The number of carboxylic acids is 4. The first-order chi connectivity index (χ1) is 17.2. The van der Waals surface area contributed by atoms with Gasteiger partial charge in [0.2, 0.25) is 0 Å². The number of benzene rings is 2. The van der Waals surface area contributed by atoms with Crippen molar-refractivity contribution >= 4 is 23.9 Å². The Kier molecular flexibility index (Phi) is 9.76. The molecule has 0 aliphatic rings. The van der Waals surface area contributed by atoms with Crippen LogP contribution >= 0.6 is 0 Å². The van der Waals surface area contributed by atoms with Crippen LogP contribution in [0.2, 0.25) is 0 Å². The van der Waals surface area contributed by atoms with Crippen molar-refractivity contribution in [2.75, 3.05) is 0 Å². The van der Waals surface area contributed by atoms with Gasteiger partial charge in [0.25, 0.3) is 0 Å². The summed E-state index contributed by atoms with van der Waals surface area (Å²) < 4.78 is 0. The molecule has 0 fully saturated rings. The van der Waals surface area contributed by atoms with Gasteiger partial charge in [-0.15, -0.1) is 0 Å². The van der Waals surface area contributed by atoms with Crippen LogP contribution in [-0.4, -0.2) is 54.3 Å². The number of nitrogens with zero attached hydrogens (tertiary/aromatic N) is 2. The molecule has 0 aliphatic carbocycles. The average molecular weight is 542 g/mol. The Labute approximate surface area is 220 Å². The van der Waals surface area contributed by atoms with E-state index in [1.54, 1.807) is 36.4 Å². The van der Waals surface area contributed by atoms with Gasteiger partial charge >= 0.3 is 23.9 Å². The number of pyridine rings is 2. The van der Waals surface area contributed by atoms with E-state index in [4.69, 9.17) is 20.4 Å². The van der Waals surface area contributed by atoms with Crippen molar-refractivity contribution in [3.8, 4) is 22.5 Å². The van der Waals surface area contributed by atoms with E-state index in [2.05, 4.69) is 9.97 Å². The number of hydrogen-bond donors (Lipinski definition) is 4. The summed E-state index contributed by atoms with van der Waals surface area (Å²) in [6, 6.07) is 18.6. The van der Waals surface area contributed by atoms with Gasteiger partial charge in [-0.2, -0.15) is 0 Å². The molecule has 0 spiro atoms. The predicted molar refractivity (Wildman–Crippen MR) is 127 cm³/mol. The van der Waals surface area contributed by atoms with E-state index < -0.39 is 23.9 Å². The van der Waals surface area contributed by atoms with E-state index in [1.807, 2.05) is 0 Å². The summed E-state index contributed by atoms with van der Waals surface area (Å²) >= 11 is 0. The van der Waals surface area contributed by atoms with Crippen molar-refractivity contribution in [2.24, 2.45) is 0 Å². The first kappa shape index (κ1) is 28.4. The molecular weight excluding hydrogens is 524 g/mol. The molecule has 0 aliphatic heterocycles. The number of aromatic nitrogens is 2. The molecule has 0 amide bonds. The zero-order chi connectivity index (χ0) is 26.2. The third-order valence-electron chi connectivity index (χ3n) is 4.83. The second-order valence-electron chi connectivity index (χ2n) is 7.25. The van der Waals surface area contributed by atoms with Crippen molar-refractivity contribution in [3.05, 3.63) is 107 Å². The molecule has 10 nitrogen and oxygen atoms in total. The Morgan fingerprint density at radius 3 is 1.11 bits per heavy atom. The van der Waals surface area contributed by atoms with Gasteiger partial charge in [0.05, 0.1) is 33.6 Å². The van der Waals surface area contributed by atoms with Crippen molar-refractivity contribution in [1.82, 2.24) is 9.97 Å². The minimum absolute atomic E-state index is 0. The van der Waals surface area contributed by atoms with Crippen LogP contribution in [0.1, 0.15) is 41.4 Å². The van der Waals surface area contributed by atoms with Crippen molar-refractivity contribution in [2.45, 2.75) is 0 Å². The third kappa shape index (κ3) is 7.56. The standard InChI is InChI=1S/2C13H9NO4.Fe/c2*15-12(16)9-3-1-2-8(6-9)11-5-4-10(7-14-11)13(17)18;/h2*1-7H,(H,15,16)(H,17,18);. The number of hydrogen-bond acceptors (Lipinski definition) is 6. The van der Waals surface area contributed by atoms with Gasteiger partial charge in [-0.1, -0.05) is 24.3 Å². The van der Waals surface area contributed by atoms with E-state index in [0.29, 0.717) is 22.5 Å². The molecule has 0 bridgehead atoms. The molecule has 37 heavy (non-hydrogen) atoms. The zero-order valence-electron chi connectivity index (χ0n) is 18.8. The molecule has 0 saturated carbocycles. The van der Waals surface area contributed by atoms with E-state index in [-0.39, 0.29) is 39.3 Å². The molecule has 0 unspecified atom stereocenters. The molecule has 2 heterocycles. The van der Waals surface area contributed by atoms with Gasteiger partial charge in [0.15, 0.2) is 0 Å². The fraction of sp³-hybridized carbons (Fsp3) is 0. The largest absolute Gasteiger partial charge is 0.478 e. The van der Waals surface area contributed by atoms with Gasteiger partial charge in [0.1, 0.15) is 0 Å². The summed E-state index contributed by atoms with van der Waals surface area (Å²) in [5.41, 5.74) is 2.83. The Bertz CT molecular complexity index is 1330. The summed E-state index contributed by atoms with van der Waals surface area (Å²) in [4.78, 5) is 51.0. The van der Waals surface area contributed by atoms with Crippen LogP contribution in [0.15, 0.2) is 85.2 Å². The zero-order valence-corrected chi connectivity index (χ0v) is 19.9. The molecule has 2 aromatic heterocycles. The van der Waals surface area contributed by atoms with Crippen LogP contribution < -0.4 is 0 Å². The molecule has 0 atom stereocenters. The maximum Gasteiger partial charge on any atom is 0.337 e. The molecule has 0 radical (unpaired) electrons. The summed E-state index contributed by atoms with van der Waals surface area (Å²) in [6.45, 7) is 0. The smallest absolute Gasteiger partial charge is 0.337 e. The molecule has 0 saturated heterocycles. The number of carboxylic acid groups (broad SMARTS) is 4. The van der Waals surface area contributed by atoms with E-state index in [1.165, 1.54) is 48.8 Å². The van der Waals surface area contributed by atoms with Gasteiger partial charge in [0, 0.05) is 40.6 Å². The summed E-state index contributed by atoms with van der Waals surface area (Å²) in [7, 11) is 0. The molecule has 4 aromatic rings. The van der Waals surface area contributed by atoms with Gasteiger partial charge in [-0.25, -0.2) is 19.2 Å². The molecule has 4 rings (SSSR count). The first-order valence-corrected chi connectivity index (χ1v) is 10.2. The summed E-state index contributed by atoms with van der Waals surface area (Å²) in [5, 5.41) is 35.2. The SMILES string of the molecule is O=C(O)c1ccc(-c2cccc(C(=O)O)c2)nc1.O=C(O)c1ccc(-c2cccc(C(=O)O)c2)nc1.[Fe]. The second-order valence-corrected chi connectivity index (χ2v) is 7.25. The van der Waals surface area contributed by atoms with Crippen LogP contribution in [0.4, 0.5) is 0 Å². The number of rotatable bonds is 6. The van der Waals surface area contributed by atoms with E-state index >= 15 is 0 Å². The topological polar surface area (TPSA) is 175 Å². The number of carbonyl (C=O) groups is 4. The van der Waals surface area contributed by atoms with Gasteiger partial charge in [-0.3, -0.25) is 9.97 Å². The quantitative estimate of drug-likeness (QED) is 0.257. The van der Waals surface area contributed by atoms with Crippen molar-refractivity contribution in [1.29, 1.82) is 0 Å². The van der Waals surface area contributed by atoms with Gasteiger partial charge < -0.3 is 20.4 Å². The summed E-state index contributed by atoms with van der Waals surface area (Å²) in [6.07, 6.45) is 2.48. The normalized spacial score (nSPS) is 9.73. The minimum atomic E-state index is -1.05. The van der Waals surface area contributed by atoms with Crippen LogP contribution in [0, 0.1) is 0 Å². The third-order valence-corrected chi connectivity index (χ3v) is 4.83. The fourth-order valence-electron chi connectivity index (χ4n) is 3.01. The van der Waals surface area contributed by atoms with Crippen molar-refractivity contribution in [3.63, 3.8) is 0 Å². The van der Waals surface area contributed by atoms with E-state index in [0.717, 1.165) is 0 Å². The second kappa shape index (κ2) is 12.7. The fourth-order valence-corrected chi connectivity index (χ4v) is 3.01. The van der Waals surface area contributed by atoms with Gasteiger partial charge in [-0.05, 0) is 48.5 Å². The maximum atomic E-state index is 10.8. The Morgan fingerprint density at radius 1 is 0.486 bits per heavy atom. The predicted octanol–water partition coefficient (Wildman–Crippen LogP) is 4.29. The van der Waals surface area contributed by atoms with Crippen molar-refractivity contribution < 1.29 is 56.7 Å². The van der Waals surface area contributed by atoms with Crippen LogP contribution in [0.25, 0.3) is 22.5 Å². The Balaban J connectivity index is 0.000000253. The summed E-state index contributed by atoms with van der Waals surface area (Å²) in [5.74, 6) is -4.13. The molecule has 11 heteroatoms. The Morgan fingerprint density at radius 2 is 0.838 bits per heavy atom. The van der Waals surface area contributed by atoms with E-state index in [9.17, 15) is 19.2 Å².